The molecule has 1 aliphatic carbocycles. The molecule has 6 heteroatoms. The monoisotopic (exact) mass is 351 g/mol. The number of carbonyl (C=O) groups excluding carboxylic acids is 1. The Hall–Kier alpha value is -1.75. The van der Waals surface area contributed by atoms with E-state index in [0.29, 0.717) is 25.5 Å². The normalized spacial score (nSPS) is 15.3. The summed E-state index contributed by atoms with van der Waals surface area (Å²) in [6, 6.07) is 7.68. The number of carbonyl (C=O) groups is 1. The summed E-state index contributed by atoms with van der Waals surface area (Å²) in [6.07, 6.45) is 5.71. The van der Waals surface area contributed by atoms with Gasteiger partial charge in [-0.2, -0.15) is 0 Å². The van der Waals surface area contributed by atoms with Crippen LogP contribution in [0.3, 0.4) is 0 Å². The van der Waals surface area contributed by atoms with E-state index in [1.807, 2.05) is 24.3 Å². The van der Waals surface area contributed by atoms with Gasteiger partial charge in [0.15, 0.2) is 5.96 Å². The Kier molecular flexibility index (Phi) is 7.89. The van der Waals surface area contributed by atoms with Crippen LogP contribution in [0.2, 0.25) is 5.02 Å². The molecule has 0 aromatic heterocycles. The summed E-state index contributed by atoms with van der Waals surface area (Å²) < 4.78 is 5.44. The minimum Gasteiger partial charge on any atom is -0.462 e. The Labute approximate surface area is 148 Å². The summed E-state index contributed by atoms with van der Waals surface area (Å²) in [5.74, 6) is 0.627. The standard InChI is InChI=1S/C18H26ClN3O2/c1-20-18(22-13-14-8-10-15(19)11-9-14)21-12-4-7-17(23)24-16-5-2-3-6-16/h8-11,16H,2-7,12-13H2,1H3,(H2,20,21,22). The molecule has 1 saturated carbocycles. The zero-order valence-corrected chi connectivity index (χ0v) is 14.9. The minimum absolute atomic E-state index is 0.0900. The summed E-state index contributed by atoms with van der Waals surface area (Å²) in [4.78, 5) is 15.9. The first-order chi connectivity index (χ1) is 11.7. The fourth-order valence-corrected chi connectivity index (χ4v) is 2.83. The quantitative estimate of drug-likeness (QED) is 0.342. The van der Waals surface area contributed by atoms with E-state index in [1.54, 1.807) is 7.05 Å². The minimum atomic E-state index is -0.0900. The molecule has 0 aliphatic heterocycles. The number of hydrogen-bond acceptors (Lipinski definition) is 3. The van der Waals surface area contributed by atoms with E-state index in [1.165, 1.54) is 12.8 Å². The highest BCUT2D eigenvalue weighted by molar-refractivity contribution is 6.30. The molecule has 1 aromatic carbocycles. The van der Waals surface area contributed by atoms with E-state index in [2.05, 4.69) is 15.6 Å². The molecule has 1 aliphatic rings. The molecule has 24 heavy (non-hydrogen) atoms. The Morgan fingerprint density at radius 2 is 1.96 bits per heavy atom. The average Bonchev–Trinajstić information content (AvgIpc) is 3.08. The van der Waals surface area contributed by atoms with Gasteiger partial charge in [-0.3, -0.25) is 9.79 Å². The lowest BCUT2D eigenvalue weighted by Gasteiger charge is -2.13. The van der Waals surface area contributed by atoms with Crippen molar-refractivity contribution >= 4 is 23.5 Å². The smallest absolute Gasteiger partial charge is 0.306 e. The fraction of sp³-hybridized carbons (Fsp3) is 0.556. The summed E-state index contributed by atoms with van der Waals surface area (Å²) in [7, 11) is 1.73. The van der Waals surface area contributed by atoms with Crippen molar-refractivity contribution in [2.75, 3.05) is 13.6 Å². The molecule has 0 heterocycles. The van der Waals surface area contributed by atoms with Gasteiger partial charge >= 0.3 is 5.97 Å². The maximum atomic E-state index is 11.7. The largest absolute Gasteiger partial charge is 0.462 e. The number of nitrogens with zero attached hydrogens (tertiary/aromatic N) is 1. The van der Waals surface area contributed by atoms with Crippen LogP contribution in [0.5, 0.6) is 0 Å². The van der Waals surface area contributed by atoms with Gasteiger partial charge in [-0.25, -0.2) is 0 Å². The van der Waals surface area contributed by atoms with Crippen molar-refractivity contribution in [3.05, 3.63) is 34.9 Å². The summed E-state index contributed by atoms with van der Waals surface area (Å²) in [6.45, 7) is 1.35. The second kappa shape index (κ2) is 10.2. The molecule has 0 saturated heterocycles. The SMILES string of the molecule is CN=C(NCCCC(=O)OC1CCCC1)NCc1ccc(Cl)cc1. The Bertz CT molecular complexity index is 540. The van der Waals surface area contributed by atoms with E-state index in [4.69, 9.17) is 16.3 Å². The second-order valence-corrected chi connectivity index (χ2v) is 6.42. The highest BCUT2D eigenvalue weighted by atomic mass is 35.5. The van der Waals surface area contributed by atoms with Crippen LogP contribution in [0.1, 0.15) is 44.1 Å². The van der Waals surface area contributed by atoms with Crippen molar-refractivity contribution in [3.63, 3.8) is 0 Å². The number of nitrogens with one attached hydrogen (secondary N) is 2. The van der Waals surface area contributed by atoms with Crippen molar-refractivity contribution in [1.29, 1.82) is 0 Å². The first kappa shape index (κ1) is 18.6. The third kappa shape index (κ3) is 6.79. The maximum absolute atomic E-state index is 11.7. The molecule has 1 fully saturated rings. The molecular formula is C18H26ClN3O2. The number of guanidine groups is 1. The second-order valence-electron chi connectivity index (χ2n) is 5.98. The lowest BCUT2D eigenvalue weighted by Crippen LogP contribution is -2.37. The number of halogens is 1. The average molecular weight is 352 g/mol. The predicted octanol–water partition coefficient (Wildman–Crippen LogP) is 3.27. The Balaban J connectivity index is 1.59. The van der Waals surface area contributed by atoms with E-state index in [-0.39, 0.29) is 12.1 Å². The molecule has 0 amide bonds. The molecule has 2 rings (SSSR count). The zero-order chi connectivity index (χ0) is 17.2. The number of benzene rings is 1. The Morgan fingerprint density at radius 1 is 1.25 bits per heavy atom. The van der Waals surface area contributed by atoms with Crippen LogP contribution in [0, 0.1) is 0 Å². The van der Waals surface area contributed by atoms with Crippen molar-refractivity contribution in [3.8, 4) is 0 Å². The highest BCUT2D eigenvalue weighted by Gasteiger charge is 2.18. The molecule has 132 valence electrons. The molecule has 5 nitrogen and oxygen atoms in total. The molecule has 0 spiro atoms. The summed E-state index contributed by atoms with van der Waals surface area (Å²) >= 11 is 5.87. The molecule has 0 bridgehead atoms. The van der Waals surface area contributed by atoms with Gasteiger partial charge < -0.3 is 15.4 Å². The number of rotatable bonds is 7. The molecule has 0 atom stereocenters. The molecule has 1 aromatic rings. The van der Waals surface area contributed by atoms with E-state index in [0.717, 1.165) is 29.8 Å². The van der Waals surface area contributed by atoms with Gasteiger partial charge in [0.05, 0.1) is 0 Å². The van der Waals surface area contributed by atoms with Crippen molar-refractivity contribution in [2.45, 2.75) is 51.2 Å². The number of ether oxygens (including phenoxy) is 1. The van der Waals surface area contributed by atoms with Gasteiger partial charge in [0.25, 0.3) is 0 Å². The van der Waals surface area contributed by atoms with Crippen LogP contribution < -0.4 is 10.6 Å². The van der Waals surface area contributed by atoms with Gasteiger partial charge in [0.1, 0.15) is 6.10 Å². The van der Waals surface area contributed by atoms with Crippen molar-refractivity contribution in [2.24, 2.45) is 4.99 Å². The van der Waals surface area contributed by atoms with E-state index < -0.39 is 0 Å². The Morgan fingerprint density at radius 3 is 2.62 bits per heavy atom. The first-order valence-corrected chi connectivity index (χ1v) is 8.93. The third-order valence-electron chi connectivity index (χ3n) is 4.05. The maximum Gasteiger partial charge on any atom is 0.306 e. The molecule has 0 unspecified atom stereocenters. The van der Waals surface area contributed by atoms with E-state index in [9.17, 15) is 4.79 Å². The lowest BCUT2D eigenvalue weighted by molar-refractivity contribution is -0.148. The van der Waals surface area contributed by atoms with Crippen LogP contribution >= 0.6 is 11.6 Å². The zero-order valence-electron chi connectivity index (χ0n) is 14.2. The van der Waals surface area contributed by atoms with Gasteiger partial charge in [-0.05, 0) is 49.8 Å². The molecular weight excluding hydrogens is 326 g/mol. The number of esters is 1. The predicted molar refractivity (Wildman–Crippen MR) is 97.2 cm³/mol. The molecule has 2 N–H and O–H groups in total. The summed E-state index contributed by atoms with van der Waals surface area (Å²) in [5, 5.41) is 7.16. The fourth-order valence-electron chi connectivity index (χ4n) is 2.70. The third-order valence-corrected chi connectivity index (χ3v) is 4.30. The highest BCUT2D eigenvalue weighted by Crippen LogP contribution is 2.21. The number of aliphatic imine (C=N–C) groups is 1. The lowest BCUT2D eigenvalue weighted by atomic mass is 10.2. The molecule has 0 radical (unpaired) electrons. The van der Waals surface area contributed by atoms with Crippen LogP contribution in [-0.2, 0) is 16.1 Å². The van der Waals surface area contributed by atoms with Crippen molar-refractivity contribution in [1.82, 2.24) is 10.6 Å². The van der Waals surface area contributed by atoms with Crippen LogP contribution in [0.15, 0.2) is 29.3 Å². The first-order valence-electron chi connectivity index (χ1n) is 8.56. The van der Waals surface area contributed by atoms with Gasteiger partial charge in [0.2, 0.25) is 0 Å². The van der Waals surface area contributed by atoms with Gasteiger partial charge in [0, 0.05) is 31.6 Å². The number of hydrogen-bond donors (Lipinski definition) is 2. The van der Waals surface area contributed by atoms with Crippen LogP contribution in [0.4, 0.5) is 0 Å². The van der Waals surface area contributed by atoms with Crippen LogP contribution in [0.25, 0.3) is 0 Å². The van der Waals surface area contributed by atoms with Crippen molar-refractivity contribution < 1.29 is 9.53 Å². The van der Waals surface area contributed by atoms with Gasteiger partial charge in [-0.15, -0.1) is 0 Å². The van der Waals surface area contributed by atoms with Gasteiger partial charge in [-0.1, -0.05) is 23.7 Å². The van der Waals surface area contributed by atoms with E-state index >= 15 is 0 Å². The summed E-state index contributed by atoms with van der Waals surface area (Å²) in [5.41, 5.74) is 1.13. The topological polar surface area (TPSA) is 62.7 Å². The van der Waals surface area contributed by atoms with Crippen LogP contribution in [-0.4, -0.2) is 31.6 Å².